The quantitative estimate of drug-likeness (QED) is 0.445. The molecule has 0 amide bonds. The molecular formula is C18H21N3O5. The number of carbonyl (C=O) groups excluding carboxylic acids is 1. The molecule has 0 aliphatic carbocycles. The molecule has 0 spiro atoms. The van der Waals surface area contributed by atoms with Gasteiger partial charge in [0.15, 0.2) is 0 Å². The van der Waals surface area contributed by atoms with E-state index in [2.05, 4.69) is 9.80 Å². The van der Waals surface area contributed by atoms with Gasteiger partial charge in [0.2, 0.25) is 0 Å². The van der Waals surface area contributed by atoms with Crippen molar-refractivity contribution in [3.05, 3.63) is 57.8 Å². The number of carbonyl (C=O) groups is 1. The smallest absolute Gasteiger partial charge is 0.433 e. The van der Waals surface area contributed by atoms with E-state index < -0.39 is 4.92 Å². The summed E-state index contributed by atoms with van der Waals surface area (Å²) >= 11 is 0. The Morgan fingerprint density at radius 1 is 1.23 bits per heavy atom. The third-order valence-electron chi connectivity index (χ3n) is 4.30. The van der Waals surface area contributed by atoms with Gasteiger partial charge >= 0.3 is 11.9 Å². The topological polar surface area (TPSA) is 89.1 Å². The summed E-state index contributed by atoms with van der Waals surface area (Å²) in [6.45, 7) is 5.90. The van der Waals surface area contributed by atoms with Crippen LogP contribution in [0.3, 0.4) is 0 Å². The van der Waals surface area contributed by atoms with Crippen molar-refractivity contribution in [3.8, 4) is 0 Å². The molecule has 26 heavy (non-hydrogen) atoms. The summed E-state index contributed by atoms with van der Waals surface area (Å²) in [6.07, 6.45) is 0. The number of rotatable bonds is 6. The van der Waals surface area contributed by atoms with E-state index in [0.29, 0.717) is 24.5 Å². The van der Waals surface area contributed by atoms with Crippen LogP contribution in [0.5, 0.6) is 0 Å². The Morgan fingerprint density at radius 3 is 2.65 bits per heavy atom. The molecule has 0 radical (unpaired) electrons. The van der Waals surface area contributed by atoms with Crippen LogP contribution in [-0.4, -0.2) is 48.6 Å². The van der Waals surface area contributed by atoms with E-state index in [1.54, 1.807) is 19.1 Å². The zero-order valence-electron chi connectivity index (χ0n) is 14.6. The summed E-state index contributed by atoms with van der Waals surface area (Å²) in [6, 6.07) is 10.5. The van der Waals surface area contributed by atoms with Crippen molar-refractivity contribution in [2.24, 2.45) is 0 Å². The van der Waals surface area contributed by atoms with E-state index in [1.165, 1.54) is 6.07 Å². The highest BCUT2D eigenvalue weighted by Crippen LogP contribution is 2.21. The number of benzene rings is 1. The summed E-state index contributed by atoms with van der Waals surface area (Å²) < 4.78 is 10.3. The van der Waals surface area contributed by atoms with Crippen LogP contribution >= 0.6 is 0 Å². The molecule has 3 rings (SSSR count). The molecule has 0 unspecified atom stereocenters. The predicted molar refractivity (Wildman–Crippen MR) is 95.3 cm³/mol. The van der Waals surface area contributed by atoms with Crippen LogP contribution in [-0.2, 0) is 11.3 Å². The molecule has 1 fully saturated rings. The van der Waals surface area contributed by atoms with Crippen molar-refractivity contribution in [2.45, 2.75) is 13.5 Å². The van der Waals surface area contributed by atoms with Gasteiger partial charge in [0, 0.05) is 31.9 Å². The largest absolute Gasteiger partial charge is 0.462 e. The van der Waals surface area contributed by atoms with E-state index in [4.69, 9.17) is 9.15 Å². The summed E-state index contributed by atoms with van der Waals surface area (Å²) in [5, 5.41) is 10.7. The van der Waals surface area contributed by atoms with Crippen LogP contribution in [0.1, 0.15) is 23.0 Å². The van der Waals surface area contributed by atoms with E-state index in [0.717, 1.165) is 31.9 Å². The van der Waals surface area contributed by atoms with Crippen LogP contribution in [0.2, 0.25) is 0 Å². The molecule has 1 aromatic carbocycles. The highest BCUT2D eigenvalue weighted by Gasteiger charge is 2.20. The fourth-order valence-corrected chi connectivity index (χ4v) is 2.98. The van der Waals surface area contributed by atoms with Gasteiger partial charge in [-0.3, -0.25) is 15.0 Å². The average molecular weight is 359 g/mol. The molecule has 1 aliphatic heterocycles. The van der Waals surface area contributed by atoms with E-state index in [9.17, 15) is 14.9 Å². The maximum Gasteiger partial charge on any atom is 0.433 e. The van der Waals surface area contributed by atoms with Crippen molar-refractivity contribution in [3.63, 3.8) is 0 Å². The van der Waals surface area contributed by atoms with Crippen LogP contribution in [0.15, 0.2) is 40.8 Å². The molecule has 0 bridgehead atoms. The number of anilines is 1. The standard InChI is InChI=1S/C18H21N3O5/c1-2-25-18(22)14-4-3-5-15(12-14)20-10-8-19(9-11-20)13-16-6-7-17(26-16)21(23)24/h3-7,12H,2,8-11,13H2,1H3. The summed E-state index contributed by atoms with van der Waals surface area (Å²) in [5.74, 6) is 0.0521. The predicted octanol–water partition coefficient (Wildman–Crippen LogP) is 2.69. The maximum absolute atomic E-state index is 11.9. The molecule has 2 aromatic rings. The van der Waals surface area contributed by atoms with Crippen molar-refractivity contribution >= 4 is 17.5 Å². The van der Waals surface area contributed by atoms with Gasteiger partial charge in [-0.2, -0.15) is 0 Å². The zero-order chi connectivity index (χ0) is 18.5. The molecule has 1 aromatic heterocycles. The number of nitro groups is 1. The highest BCUT2D eigenvalue weighted by atomic mass is 16.6. The average Bonchev–Trinajstić information content (AvgIpc) is 3.11. The second kappa shape index (κ2) is 8.01. The van der Waals surface area contributed by atoms with Gasteiger partial charge in [0.1, 0.15) is 10.7 Å². The Morgan fingerprint density at radius 2 is 2.00 bits per heavy atom. The van der Waals surface area contributed by atoms with Crippen LogP contribution in [0.4, 0.5) is 11.6 Å². The minimum absolute atomic E-state index is 0.227. The second-order valence-electron chi connectivity index (χ2n) is 6.03. The van der Waals surface area contributed by atoms with E-state index in [-0.39, 0.29) is 11.9 Å². The van der Waals surface area contributed by atoms with Crippen molar-refractivity contribution in [1.29, 1.82) is 0 Å². The Labute approximate surface area is 151 Å². The first-order valence-electron chi connectivity index (χ1n) is 8.54. The number of nitrogens with zero attached hydrogens (tertiary/aromatic N) is 3. The first kappa shape index (κ1) is 17.9. The molecule has 0 N–H and O–H groups in total. The second-order valence-corrected chi connectivity index (χ2v) is 6.03. The lowest BCUT2D eigenvalue weighted by Gasteiger charge is -2.35. The lowest BCUT2D eigenvalue weighted by Crippen LogP contribution is -2.45. The van der Waals surface area contributed by atoms with Gasteiger partial charge in [-0.05, 0) is 31.2 Å². The molecule has 1 aliphatic rings. The SMILES string of the molecule is CCOC(=O)c1cccc(N2CCN(Cc3ccc([N+](=O)[O-])o3)CC2)c1. The molecule has 8 nitrogen and oxygen atoms in total. The minimum atomic E-state index is -0.530. The number of hydrogen-bond acceptors (Lipinski definition) is 7. The van der Waals surface area contributed by atoms with Crippen LogP contribution in [0, 0.1) is 10.1 Å². The Bertz CT molecular complexity index is 781. The number of furan rings is 1. The van der Waals surface area contributed by atoms with Crippen LogP contribution in [0.25, 0.3) is 0 Å². The number of hydrogen-bond donors (Lipinski definition) is 0. The van der Waals surface area contributed by atoms with Gasteiger partial charge in [0.25, 0.3) is 0 Å². The van der Waals surface area contributed by atoms with Crippen molar-refractivity contribution < 1.29 is 18.9 Å². The molecule has 1 saturated heterocycles. The molecule has 0 atom stereocenters. The summed E-state index contributed by atoms with van der Waals surface area (Å²) in [7, 11) is 0. The third-order valence-corrected chi connectivity index (χ3v) is 4.30. The molecule has 0 saturated carbocycles. The van der Waals surface area contributed by atoms with E-state index >= 15 is 0 Å². The summed E-state index contributed by atoms with van der Waals surface area (Å²) in [5.41, 5.74) is 1.54. The third kappa shape index (κ3) is 4.20. The van der Waals surface area contributed by atoms with Gasteiger partial charge in [-0.1, -0.05) is 6.07 Å². The fourth-order valence-electron chi connectivity index (χ4n) is 2.98. The molecular weight excluding hydrogens is 338 g/mol. The van der Waals surface area contributed by atoms with Crippen molar-refractivity contribution in [1.82, 2.24) is 4.90 Å². The highest BCUT2D eigenvalue weighted by molar-refractivity contribution is 5.90. The fraction of sp³-hybridized carbons (Fsp3) is 0.389. The van der Waals surface area contributed by atoms with Gasteiger partial charge in [-0.25, -0.2) is 4.79 Å². The number of piperazine rings is 1. The molecule has 8 heteroatoms. The Hall–Kier alpha value is -2.87. The van der Waals surface area contributed by atoms with Gasteiger partial charge in [-0.15, -0.1) is 0 Å². The lowest BCUT2D eigenvalue weighted by atomic mass is 10.1. The maximum atomic E-state index is 11.9. The van der Waals surface area contributed by atoms with Gasteiger partial charge in [0.05, 0.1) is 24.8 Å². The zero-order valence-corrected chi connectivity index (χ0v) is 14.6. The van der Waals surface area contributed by atoms with Crippen molar-refractivity contribution in [2.75, 3.05) is 37.7 Å². The van der Waals surface area contributed by atoms with Gasteiger partial charge < -0.3 is 14.1 Å². The van der Waals surface area contributed by atoms with Crippen LogP contribution < -0.4 is 4.90 Å². The summed E-state index contributed by atoms with van der Waals surface area (Å²) in [4.78, 5) is 26.4. The monoisotopic (exact) mass is 359 g/mol. The Balaban J connectivity index is 1.57. The van der Waals surface area contributed by atoms with E-state index in [1.807, 2.05) is 18.2 Å². The molecule has 2 heterocycles. The first-order valence-corrected chi connectivity index (χ1v) is 8.54. The normalized spacial score (nSPS) is 15.0. The lowest BCUT2D eigenvalue weighted by molar-refractivity contribution is -0.402. The molecule has 138 valence electrons. The first-order chi connectivity index (χ1) is 12.6. The minimum Gasteiger partial charge on any atom is -0.462 e. The Kier molecular flexibility index (Phi) is 5.52. The number of esters is 1. The number of ether oxygens (including phenoxy) is 1.